The average molecular weight is 361 g/mol. The van der Waals surface area contributed by atoms with E-state index < -0.39 is 6.09 Å². The number of anilines is 1. The zero-order valence-electron chi connectivity index (χ0n) is 15.0. The zero-order chi connectivity index (χ0) is 18.7. The lowest BCUT2D eigenvalue weighted by Crippen LogP contribution is -2.31. The van der Waals surface area contributed by atoms with Crippen molar-refractivity contribution in [2.24, 2.45) is 5.92 Å². The highest BCUT2D eigenvalue weighted by Crippen LogP contribution is 2.47. The van der Waals surface area contributed by atoms with E-state index >= 15 is 0 Å². The van der Waals surface area contributed by atoms with Crippen molar-refractivity contribution in [3.05, 3.63) is 29.3 Å². The first-order valence-electron chi connectivity index (χ1n) is 8.61. The molecule has 26 heavy (non-hydrogen) atoms. The van der Waals surface area contributed by atoms with Gasteiger partial charge in [0.05, 0.1) is 18.7 Å². The number of ether oxygens (including phenoxy) is 1. The van der Waals surface area contributed by atoms with Crippen molar-refractivity contribution < 1.29 is 18.8 Å². The van der Waals surface area contributed by atoms with E-state index in [1.165, 1.54) is 0 Å². The molecule has 0 aliphatic heterocycles. The van der Waals surface area contributed by atoms with Gasteiger partial charge in [0, 0.05) is 35.7 Å². The highest BCUT2D eigenvalue weighted by atomic mass is 16.5. The molecule has 0 radical (unpaired) electrons. The summed E-state index contributed by atoms with van der Waals surface area (Å²) in [5, 5.41) is 16.2. The molecule has 2 aromatic heterocycles. The van der Waals surface area contributed by atoms with E-state index in [1.807, 2.05) is 19.9 Å². The lowest BCUT2D eigenvalue weighted by Gasteiger charge is -2.08. The molecule has 0 bridgehead atoms. The maximum absolute atomic E-state index is 12.0. The molecule has 0 spiro atoms. The Morgan fingerprint density at radius 2 is 2.23 bits per heavy atom. The van der Waals surface area contributed by atoms with Crippen molar-refractivity contribution in [1.82, 2.24) is 20.7 Å². The summed E-state index contributed by atoms with van der Waals surface area (Å²) in [5.41, 5.74) is 1.66. The molecule has 0 saturated heterocycles. The van der Waals surface area contributed by atoms with Crippen molar-refractivity contribution in [2.45, 2.75) is 45.6 Å². The quantitative estimate of drug-likeness (QED) is 0.694. The summed E-state index contributed by atoms with van der Waals surface area (Å²) in [4.78, 5) is 23.5. The Morgan fingerprint density at radius 3 is 2.92 bits per heavy atom. The zero-order valence-corrected chi connectivity index (χ0v) is 15.0. The van der Waals surface area contributed by atoms with Crippen LogP contribution < -0.4 is 10.6 Å². The van der Waals surface area contributed by atoms with Crippen LogP contribution in [-0.2, 0) is 16.0 Å². The number of aromatic amines is 1. The fourth-order valence-electron chi connectivity index (χ4n) is 2.71. The molecule has 9 nitrogen and oxygen atoms in total. The maximum atomic E-state index is 12.0. The van der Waals surface area contributed by atoms with Gasteiger partial charge in [-0.15, -0.1) is 0 Å². The SMILES string of the molecule is Cc1cc(CC(=O)Nc2cc([C@@H]3C[C@@H]3COC(=O)NC(C)C)[nH]n2)on1. The van der Waals surface area contributed by atoms with E-state index in [1.54, 1.807) is 13.0 Å². The van der Waals surface area contributed by atoms with Crippen LogP contribution in [0.15, 0.2) is 16.7 Å². The Kier molecular flexibility index (Phi) is 5.24. The number of H-pyrrole nitrogens is 1. The van der Waals surface area contributed by atoms with E-state index in [0.717, 1.165) is 17.8 Å². The van der Waals surface area contributed by atoms with E-state index in [-0.39, 0.29) is 30.2 Å². The Hall–Kier alpha value is -2.84. The summed E-state index contributed by atoms with van der Waals surface area (Å²) in [6.07, 6.45) is 0.626. The molecule has 1 fully saturated rings. The van der Waals surface area contributed by atoms with Gasteiger partial charge in [-0.1, -0.05) is 5.16 Å². The van der Waals surface area contributed by atoms with E-state index in [0.29, 0.717) is 18.2 Å². The van der Waals surface area contributed by atoms with Gasteiger partial charge in [-0.2, -0.15) is 5.10 Å². The summed E-state index contributed by atoms with van der Waals surface area (Å²) >= 11 is 0. The van der Waals surface area contributed by atoms with E-state index in [9.17, 15) is 9.59 Å². The number of rotatable bonds is 7. The van der Waals surface area contributed by atoms with Crippen LogP contribution in [0.5, 0.6) is 0 Å². The Labute approximate surface area is 150 Å². The van der Waals surface area contributed by atoms with Crippen molar-refractivity contribution in [1.29, 1.82) is 0 Å². The number of carbonyl (C=O) groups excluding carboxylic acids is 2. The molecule has 2 amide bonds. The molecule has 0 aromatic carbocycles. The van der Waals surface area contributed by atoms with Crippen LogP contribution >= 0.6 is 0 Å². The second kappa shape index (κ2) is 7.59. The molecule has 2 atom stereocenters. The van der Waals surface area contributed by atoms with Gasteiger partial charge in [-0.25, -0.2) is 4.79 Å². The molecule has 3 rings (SSSR count). The smallest absolute Gasteiger partial charge is 0.407 e. The van der Waals surface area contributed by atoms with Crippen LogP contribution in [0.1, 0.15) is 43.3 Å². The van der Waals surface area contributed by atoms with Crippen molar-refractivity contribution >= 4 is 17.8 Å². The number of alkyl carbamates (subject to hydrolysis) is 1. The summed E-state index contributed by atoms with van der Waals surface area (Å²) in [6, 6.07) is 3.58. The highest BCUT2D eigenvalue weighted by molar-refractivity contribution is 5.91. The first kappa shape index (κ1) is 18.0. The Morgan fingerprint density at radius 1 is 1.42 bits per heavy atom. The third-order valence-electron chi connectivity index (χ3n) is 4.03. The molecule has 1 aliphatic carbocycles. The van der Waals surface area contributed by atoms with Crippen LogP contribution in [0.2, 0.25) is 0 Å². The largest absolute Gasteiger partial charge is 0.449 e. The molecule has 1 aliphatic rings. The van der Waals surface area contributed by atoms with Crippen LogP contribution in [0, 0.1) is 12.8 Å². The summed E-state index contributed by atoms with van der Waals surface area (Å²) in [5.74, 6) is 1.28. The molecule has 3 N–H and O–H groups in total. The van der Waals surface area contributed by atoms with Gasteiger partial charge in [-0.05, 0) is 27.2 Å². The number of nitrogens with one attached hydrogen (secondary N) is 3. The normalized spacial score (nSPS) is 18.6. The number of aromatic nitrogens is 3. The summed E-state index contributed by atoms with van der Waals surface area (Å²) in [7, 11) is 0. The molecule has 0 unspecified atom stereocenters. The lowest BCUT2D eigenvalue weighted by atomic mass is 10.2. The molecule has 2 heterocycles. The first-order chi connectivity index (χ1) is 12.4. The van der Waals surface area contributed by atoms with Crippen molar-refractivity contribution in [3.63, 3.8) is 0 Å². The van der Waals surface area contributed by atoms with Crippen molar-refractivity contribution in [2.75, 3.05) is 11.9 Å². The van der Waals surface area contributed by atoms with Gasteiger partial charge in [-0.3, -0.25) is 9.89 Å². The number of hydrogen-bond donors (Lipinski definition) is 3. The van der Waals surface area contributed by atoms with E-state index in [2.05, 4.69) is 26.0 Å². The highest BCUT2D eigenvalue weighted by Gasteiger charge is 2.40. The minimum Gasteiger partial charge on any atom is -0.449 e. The monoisotopic (exact) mass is 361 g/mol. The molecule has 1 saturated carbocycles. The fraction of sp³-hybridized carbons (Fsp3) is 0.529. The minimum absolute atomic E-state index is 0.0529. The number of aryl methyl sites for hydroxylation is 1. The van der Waals surface area contributed by atoms with Crippen LogP contribution in [0.25, 0.3) is 0 Å². The van der Waals surface area contributed by atoms with Crippen molar-refractivity contribution in [3.8, 4) is 0 Å². The van der Waals surface area contributed by atoms with Gasteiger partial charge < -0.3 is 19.9 Å². The Bertz CT molecular complexity index is 782. The van der Waals surface area contributed by atoms with Crippen LogP contribution in [0.4, 0.5) is 10.6 Å². The summed E-state index contributed by atoms with van der Waals surface area (Å²) < 4.78 is 10.2. The fourth-order valence-corrected chi connectivity index (χ4v) is 2.71. The summed E-state index contributed by atoms with van der Waals surface area (Å²) in [6.45, 7) is 5.93. The van der Waals surface area contributed by atoms with Crippen LogP contribution in [-0.4, -0.2) is 40.0 Å². The second-order valence-electron chi connectivity index (χ2n) is 6.87. The second-order valence-corrected chi connectivity index (χ2v) is 6.87. The number of hydrogen-bond acceptors (Lipinski definition) is 6. The van der Waals surface area contributed by atoms with Gasteiger partial charge in [0.2, 0.25) is 5.91 Å². The topological polar surface area (TPSA) is 122 Å². The van der Waals surface area contributed by atoms with Gasteiger partial charge in [0.15, 0.2) is 5.82 Å². The third-order valence-corrected chi connectivity index (χ3v) is 4.03. The molecule has 140 valence electrons. The average Bonchev–Trinajstić information content (AvgIpc) is 2.99. The van der Waals surface area contributed by atoms with Gasteiger partial charge >= 0.3 is 6.09 Å². The first-order valence-corrected chi connectivity index (χ1v) is 8.61. The molecule has 2 aromatic rings. The number of carbonyl (C=O) groups is 2. The standard InChI is InChI=1S/C17H23N5O4/c1-9(2)18-17(24)25-8-11-5-13(11)14-7-15(21-20-14)19-16(23)6-12-4-10(3)22-26-12/h4,7,9,11,13H,5-6,8H2,1-3H3,(H,18,24)(H2,19,20,21,23)/t11-,13-/m1/s1. The van der Waals surface area contributed by atoms with E-state index in [4.69, 9.17) is 9.26 Å². The Balaban J connectivity index is 1.44. The third kappa shape index (κ3) is 4.84. The van der Waals surface area contributed by atoms with Gasteiger partial charge in [0.25, 0.3) is 0 Å². The molecule has 9 heteroatoms. The van der Waals surface area contributed by atoms with Crippen LogP contribution in [0.3, 0.4) is 0 Å². The number of nitrogens with zero attached hydrogens (tertiary/aromatic N) is 2. The van der Waals surface area contributed by atoms with Gasteiger partial charge in [0.1, 0.15) is 5.76 Å². The molecular formula is C17H23N5O4. The predicted octanol–water partition coefficient (Wildman–Crippen LogP) is 2.13. The predicted molar refractivity (Wildman–Crippen MR) is 92.6 cm³/mol. The minimum atomic E-state index is -0.397. The number of amides is 2. The molecular weight excluding hydrogens is 338 g/mol. The maximum Gasteiger partial charge on any atom is 0.407 e. The lowest BCUT2D eigenvalue weighted by molar-refractivity contribution is -0.115.